The van der Waals surface area contributed by atoms with E-state index in [9.17, 15) is 4.79 Å². The standard InChI is InChI=1S/C21H26N2OS/c1-14-4-5-15(2)19(12-14)22-8-10-23(11-9-22)21(24)18-13-17(18)20-7-6-16(3)25-20/h4-7,12,17-18H,8-11,13H2,1-3H3/t17-,18+/m1/s1. The number of carbonyl (C=O) groups is 1. The smallest absolute Gasteiger partial charge is 0.226 e. The number of rotatable bonds is 3. The van der Waals surface area contributed by atoms with Gasteiger partial charge in [-0.25, -0.2) is 0 Å². The predicted octanol–water partition coefficient (Wildman–Crippen LogP) is 4.13. The predicted molar refractivity (Wildman–Crippen MR) is 105 cm³/mol. The molecule has 4 rings (SSSR count). The molecule has 1 saturated carbocycles. The van der Waals surface area contributed by atoms with Gasteiger partial charge in [-0.1, -0.05) is 12.1 Å². The summed E-state index contributed by atoms with van der Waals surface area (Å²) in [5.41, 5.74) is 3.94. The van der Waals surface area contributed by atoms with Crippen LogP contribution in [0.1, 0.15) is 33.2 Å². The van der Waals surface area contributed by atoms with Crippen molar-refractivity contribution in [2.24, 2.45) is 5.92 Å². The second-order valence-electron chi connectivity index (χ2n) is 7.50. The summed E-state index contributed by atoms with van der Waals surface area (Å²) in [4.78, 5) is 20.1. The Morgan fingerprint density at radius 3 is 2.48 bits per heavy atom. The summed E-state index contributed by atoms with van der Waals surface area (Å²) in [7, 11) is 0. The van der Waals surface area contributed by atoms with Gasteiger partial charge in [-0.15, -0.1) is 11.3 Å². The van der Waals surface area contributed by atoms with E-state index >= 15 is 0 Å². The summed E-state index contributed by atoms with van der Waals surface area (Å²) >= 11 is 1.85. The van der Waals surface area contributed by atoms with Crippen LogP contribution in [0.4, 0.5) is 5.69 Å². The molecule has 2 fully saturated rings. The van der Waals surface area contributed by atoms with Crippen molar-refractivity contribution < 1.29 is 4.79 Å². The topological polar surface area (TPSA) is 23.6 Å². The van der Waals surface area contributed by atoms with Gasteiger partial charge in [-0.2, -0.15) is 0 Å². The van der Waals surface area contributed by atoms with E-state index in [1.165, 1.54) is 26.6 Å². The van der Waals surface area contributed by atoms with E-state index in [-0.39, 0.29) is 5.92 Å². The van der Waals surface area contributed by atoms with E-state index in [4.69, 9.17) is 0 Å². The first-order valence-corrected chi connectivity index (χ1v) is 10.0. The third-order valence-corrected chi connectivity index (χ3v) is 6.66. The summed E-state index contributed by atoms with van der Waals surface area (Å²) in [5, 5.41) is 0. The third kappa shape index (κ3) is 3.32. The number of aryl methyl sites for hydroxylation is 3. The van der Waals surface area contributed by atoms with E-state index in [0.717, 1.165) is 32.6 Å². The Kier molecular flexibility index (Phi) is 4.32. The number of anilines is 1. The van der Waals surface area contributed by atoms with Crippen LogP contribution in [0.3, 0.4) is 0 Å². The van der Waals surface area contributed by atoms with Crippen LogP contribution in [0.5, 0.6) is 0 Å². The van der Waals surface area contributed by atoms with Crippen LogP contribution >= 0.6 is 11.3 Å². The van der Waals surface area contributed by atoms with Gasteiger partial charge in [-0.3, -0.25) is 4.79 Å². The van der Waals surface area contributed by atoms with Gasteiger partial charge in [0.05, 0.1) is 0 Å². The summed E-state index contributed by atoms with van der Waals surface area (Å²) in [6.45, 7) is 10.0. The zero-order chi connectivity index (χ0) is 17.6. The van der Waals surface area contributed by atoms with E-state index in [1.54, 1.807) is 0 Å². The minimum Gasteiger partial charge on any atom is -0.368 e. The Morgan fingerprint density at radius 2 is 1.80 bits per heavy atom. The maximum atomic E-state index is 12.8. The van der Waals surface area contributed by atoms with Gasteiger partial charge >= 0.3 is 0 Å². The van der Waals surface area contributed by atoms with E-state index in [2.05, 4.69) is 60.9 Å². The lowest BCUT2D eigenvalue weighted by Crippen LogP contribution is -2.49. The van der Waals surface area contributed by atoms with Gasteiger partial charge in [0, 0.05) is 53.5 Å². The number of piperazine rings is 1. The first kappa shape index (κ1) is 16.6. The van der Waals surface area contributed by atoms with Gasteiger partial charge in [0.15, 0.2) is 0 Å². The molecular weight excluding hydrogens is 328 g/mol. The van der Waals surface area contributed by atoms with Gasteiger partial charge in [0.25, 0.3) is 0 Å². The van der Waals surface area contributed by atoms with Crippen molar-refractivity contribution in [2.75, 3.05) is 31.1 Å². The summed E-state index contributed by atoms with van der Waals surface area (Å²) in [6, 6.07) is 11.0. The van der Waals surface area contributed by atoms with Gasteiger partial charge in [0.2, 0.25) is 5.91 Å². The lowest BCUT2D eigenvalue weighted by atomic mass is 10.1. The molecule has 0 spiro atoms. The number of thiophene rings is 1. The molecule has 0 bridgehead atoms. The van der Waals surface area contributed by atoms with Crippen molar-refractivity contribution in [1.82, 2.24) is 4.90 Å². The number of hydrogen-bond donors (Lipinski definition) is 0. The molecule has 2 atom stereocenters. The zero-order valence-electron chi connectivity index (χ0n) is 15.3. The van der Waals surface area contributed by atoms with Crippen LogP contribution in [0.25, 0.3) is 0 Å². The maximum absolute atomic E-state index is 12.8. The highest BCUT2D eigenvalue weighted by Gasteiger charge is 2.46. The fraction of sp³-hybridized carbons (Fsp3) is 0.476. The first-order chi connectivity index (χ1) is 12.0. The van der Waals surface area contributed by atoms with Gasteiger partial charge in [-0.05, 0) is 56.5 Å². The monoisotopic (exact) mass is 354 g/mol. The van der Waals surface area contributed by atoms with Crippen molar-refractivity contribution >= 4 is 22.9 Å². The fourth-order valence-corrected chi connectivity index (χ4v) is 4.95. The third-order valence-electron chi connectivity index (χ3n) is 5.53. The molecule has 1 aliphatic carbocycles. The fourth-order valence-electron chi connectivity index (χ4n) is 3.90. The molecule has 1 aliphatic heterocycles. The quantitative estimate of drug-likeness (QED) is 0.827. The second kappa shape index (κ2) is 6.49. The lowest BCUT2D eigenvalue weighted by Gasteiger charge is -2.37. The van der Waals surface area contributed by atoms with Gasteiger partial charge < -0.3 is 9.80 Å². The van der Waals surface area contributed by atoms with Crippen LogP contribution in [-0.4, -0.2) is 37.0 Å². The number of nitrogens with zero attached hydrogens (tertiary/aromatic N) is 2. The van der Waals surface area contributed by atoms with Crippen LogP contribution in [0.15, 0.2) is 30.3 Å². The molecule has 4 heteroatoms. The van der Waals surface area contributed by atoms with Crippen LogP contribution in [-0.2, 0) is 4.79 Å². The summed E-state index contributed by atoms with van der Waals surface area (Å²) < 4.78 is 0. The SMILES string of the molecule is Cc1ccc(C)c(N2CCN(C(=O)[C@H]3C[C@H]3c3ccc(C)s3)CC2)c1. The number of amides is 1. The minimum absolute atomic E-state index is 0.227. The van der Waals surface area contributed by atoms with Gasteiger partial charge in [0.1, 0.15) is 0 Å². The van der Waals surface area contributed by atoms with Crippen molar-refractivity contribution in [3.8, 4) is 0 Å². The van der Waals surface area contributed by atoms with Crippen LogP contribution in [0, 0.1) is 26.7 Å². The Bertz CT molecular complexity index is 789. The minimum atomic E-state index is 0.227. The number of carbonyl (C=O) groups excluding carboxylic acids is 1. The maximum Gasteiger partial charge on any atom is 0.226 e. The summed E-state index contributed by atoms with van der Waals surface area (Å²) in [5.74, 6) is 1.07. The van der Waals surface area contributed by atoms with Crippen LogP contribution in [0.2, 0.25) is 0 Å². The molecule has 2 aliphatic rings. The van der Waals surface area contributed by atoms with E-state index in [1.807, 2.05) is 11.3 Å². The highest BCUT2D eigenvalue weighted by molar-refractivity contribution is 7.12. The van der Waals surface area contributed by atoms with Crippen molar-refractivity contribution in [2.45, 2.75) is 33.1 Å². The molecule has 1 aromatic carbocycles. The molecule has 132 valence electrons. The highest BCUT2D eigenvalue weighted by Crippen LogP contribution is 2.50. The molecule has 0 radical (unpaired) electrons. The molecule has 2 heterocycles. The van der Waals surface area contributed by atoms with E-state index in [0.29, 0.717) is 11.8 Å². The lowest BCUT2D eigenvalue weighted by molar-refractivity contribution is -0.132. The number of benzene rings is 1. The van der Waals surface area contributed by atoms with Crippen LogP contribution < -0.4 is 4.90 Å². The molecule has 2 aromatic rings. The summed E-state index contributed by atoms with van der Waals surface area (Å²) in [6.07, 6.45) is 1.04. The van der Waals surface area contributed by atoms with Crippen molar-refractivity contribution in [1.29, 1.82) is 0 Å². The number of hydrogen-bond acceptors (Lipinski definition) is 3. The molecule has 0 unspecified atom stereocenters. The molecule has 1 amide bonds. The molecule has 25 heavy (non-hydrogen) atoms. The zero-order valence-corrected chi connectivity index (χ0v) is 16.1. The highest BCUT2D eigenvalue weighted by atomic mass is 32.1. The first-order valence-electron chi connectivity index (χ1n) is 9.20. The average molecular weight is 355 g/mol. The normalized spacial score (nSPS) is 23.0. The second-order valence-corrected chi connectivity index (χ2v) is 8.82. The van der Waals surface area contributed by atoms with Crippen molar-refractivity contribution in [3.05, 3.63) is 51.2 Å². The molecule has 1 aromatic heterocycles. The van der Waals surface area contributed by atoms with E-state index < -0.39 is 0 Å². The Balaban J connectivity index is 1.36. The molecular formula is C21H26N2OS. The average Bonchev–Trinajstić information content (AvgIpc) is 3.30. The molecule has 1 saturated heterocycles. The Labute approximate surface area is 154 Å². The Morgan fingerprint density at radius 1 is 1.04 bits per heavy atom. The molecule has 3 nitrogen and oxygen atoms in total. The molecule has 0 N–H and O–H groups in total. The Hall–Kier alpha value is -1.81. The van der Waals surface area contributed by atoms with Crippen molar-refractivity contribution in [3.63, 3.8) is 0 Å². The largest absolute Gasteiger partial charge is 0.368 e.